The summed E-state index contributed by atoms with van der Waals surface area (Å²) < 4.78 is 12.3. The zero-order chi connectivity index (χ0) is 22.6. The van der Waals surface area contributed by atoms with Gasteiger partial charge in [-0.15, -0.1) is 23.2 Å². The predicted octanol–water partition coefficient (Wildman–Crippen LogP) is 5.44. The number of carbonyl (C=O) groups is 2. The number of hydrogen-bond acceptors (Lipinski definition) is 3. The zero-order valence-corrected chi connectivity index (χ0v) is 18.7. The summed E-state index contributed by atoms with van der Waals surface area (Å²) in [6.07, 6.45) is 1.15. The van der Waals surface area contributed by atoms with Gasteiger partial charge in [0.1, 0.15) is 15.7 Å². The van der Waals surface area contributed by atoms with Crippen LogP contribution in [0, 0.1) is 23.1 Å². The molecule has 5 nitrogen and oxygen atoms in total. The molecule has 4 rings (SSSR count). The monoisotopic (exact) mass is 499 g/mol. The van der Waals surface area contributed by atoms with Crippen LogP contribution in [0.25, 0.3) is 0 Å². The maximum Gasteiger partial charge on any atom is 0.254 e. The van der Waals surface area contributed by atoms with Gasteiger partial charge in [0.05, 0.1) is 22.6 Å². The molecule has 0 radical (unpaired) electrons. The van der Waals surface area contributed by atoms with Crippen molar-refractivity contribution in [3.8, 4) is 6.07 Å². The van der Waals surface area contributed by atoms with E-state index in [0.717, 1.165) is 6.07 Å². The van der Waals surface area contributed by atoms with Gasteiger partial charge >= 0.3 is 0 Å². The Morgan fingerprint density at radius 3 is 2.45 bits per heavy atom. The molecule has 10 heteroatoms. The topological polar surface area (TPSA) is 82.0 Å². The number of hydrogen-bond donors (Lipinski definition) is 2. The highest BCUT2D eigenvalue weighted by Gasteiger charge is 2.67. The highest BCUT2D eigenvalue weighted by molar-refractivity contribution is 6.53. The quantitative estimate of drug-likeness (QED) is 0.536. The molecule has 0 spiro atoms. The van der Waals surface area contributed by atoms with Crippen molar-refractivity contribution < 1.29 is 14.0 Å². The number of carbonyl (C=O) groups excluding carboxylic acids is 2. The molecule has 2 N–H and O–H groups in total. The molecule has 160 valence electrons. The second-order valence-electron chi connectivity index (χ2n) is 7.66. The Bertz CT molecular complexity index is 1120. The number of benzene rings is 2. The molecule has 0 aromatic heterocycles. The number of rotatable bonds is 5. The number of halogens is 5. The smallest absolute Gasteiger partial charge is 0.254 e. The van der Waals surface area contributed by atoms with Gasteiger partial charge in [-0.1, -0.05) is 23.2 Å². The highest BCUT2D eigenvalue weighted by Crippen LogP contribution is 2.65. The minimum Gasteiger partial charge on any atom is -0.334 e. The van der Waals surface area contributed by atoms with Gasteiger partial charge in [-0.3, -0.25) is 9.59 Å². The Kier molecular flexibility index (Phi) is 5.60. The number of nitrogens with zero attached hydrogens (tertiary/aromatic N) is 1. The fraction of sp³-hybridized carbons (Fsp3) is 0.286. The maximum atomic E-state index is 13.7. The van der Waals surface area contributed by atoms with E-state index in [-0.39, 0.29) is 15.6 Å². The molecule has 0 saturated heterocycles. The van der Waals surface area contributed by atoms with Crippen LogP contribution in [0.5, 0.6) is 0 Å². The van der Waals surface area contributed by atoms with Gasteiger partial charge < -0.3 is 10.6 Å². The van der Waals surface area contributed by atoms with Crippen LogP contribution in [0.15, 0.2) is 36.4 Å². The van der Waals surface area contributed by atoms with Gasteiger partial charge in [-0.05, 0) is 54.8 Å². The van der Waals surface area contributed by atoms with Crippen molar-refractivity contribution in [2.45, 2.75) is 28.6 Å². The standard InChI is InChI=1S/C21H14Cl4FN3O2/c22-11-5-10(6-12(26)7-11)16-17(21(16,24)25)19(31)28-13-1-2-15(23)14(8-13)18(30)29-20(9-27)3-4-20/h1-2,5-8,16-17H,3-4H2,(H,28,31)(H,29,30). The lowest BCUT2D eigenvalue weighted by Crippen LogP contribution is -2.35. The third-order valence-electron chi connectivity index (χ3n) is 5.38. The highest BCUT2D eigenvalue weighted by atomic mass is 35.5. The predicted molar refractivity (Wildman–Crippen MR) is 117 cm³/mol. The van der Waals surface area contributed by atoms with E-state index >= 15 is 0 Å². The van der Waals surface area contributed by atoms with Crippen LogP contribution >= 0.6 is 46.4 Å². The Labute approximate surface area is 197 Å². The summed E-state index contributed by atoms with van der Waals surface area (Å²) in [5.74, 6) is -3.07. The van der Waals surface area contributed by atoms with Crippen molar-refractivity contribution in [2.24, 2.45) is 5.92 Å². The average Bonchev–Trinajstić information content (AvgIpc) is 3.57. The molecule has 0 heterocycles. The summed E-state index contributed by atoms with van der Waals surface area (Å²) in [4.78, 5) is 25.3. The lowest BCUT2D eigenvalue weighted by Gasteiger charge is -2.12. The van der Waals surface area contributed by atoms with E-state index in [2.05, 4.69) is 16.7 Å². The molecule has 0 aliphatic heterocycles. The van der Waals surface area contributed by atoms with Crippen molar-refractivity contribution in [2.75, 3.05) is 5.32 Å². The number of nitrogens with one attached hydrogen (secondary N) is 2. The van der Waals surface area contributed by atoms with Crippen molar-refractivity contribution in [3.63, 3.8) is 0 Å². The van der Waals surface area contributed by atoms with Gasteiger partial charge in [0.2, 0.25) is 5.91 Å². The van der Waals surface area contributed by atoms with Gasteiger partial charge in [-0.25, -0.2) is 4.39 Å². The van der Waals surface area contributed by atoms with E-state index < -0.39 is 39.3 Å². The molecule has 2 aliphatic carbocycles. The largest absolute Gasteiger partial charge is 0.334 e. The minimum absolute atomic E-state index is 0.119. The Hall–Kier alpha value is -2.04. The first-order valence-electron chi connectivity index (χ1n) is 9.24. The summed E-state index contributed by atoms with van der Waals surface area (Å²) in [6, 6.07) is 10.3. The molecular formula is C21H14Cl4FN3O2. The fourth-order valence-corrected chi connectivity index (χ4v) is 4.76. The molecule has 31 heavy (non-hydrogen) atoms. The van der Waals surface area contributed by atoms with Crippen LogP contribution in [0.4, 0.5) is 10.1 Å². The Morgan fingerprint density at radius 2 is 1.84 bits per heavy atom. The van der Waals surface area contributed by atoms with Crippen molar-refractivity contribution in [1.29, 1.82) is 5.26 Å². The molecule has 2 aliphatic rings. The first-order chi connectivity index (χ1) is 14.6. The molecule has 2 atom stereocenters. The van der Waals surface area contributed by atoms with Gasteiger partial charge in [-0.2, -0.15) is 5.26 Å². The Morgan fingerprint density at radius 1 is 1.13 bits per heavy atom. The van der Waals surface area contributed by atoms with Crippen molar-refractivity contribution >= 4 is 63.9 Å². The lowest BCUT2D eigenvalue weighted by molar-refractivity contribution is -0.117. The number of nitriles is 1. The average molecular weight is 501 g/mol. The van der Waals surface area contributed by atoms with Crippen LogP contribution in [0.1, 0.15) is 34.7 Å². The van der Waals surface area contributed by atoms with Gasteiger partial charge in [0.25, 0.3) is 5.91 Å². The molecule has 2 amide bonds. The lowest BCUT2D eigenvalue weighted by atomic mass is 10.1. The first-order valence-corrected chi connectivity index (χ1v) is 10.8. The van der Waals surface area contributed by atoms with Gasteiger partial charge in [0.15, 0.2) is 0 Å². The summed E-state index contributed by atoms with van der Waals surface area (Å²) in [5.41, 5.74) is -0.0245. The summed E-state index contributed by atoms with van der Waals surface area (Å²) in [5, 5.41) is 14.8. The van der Waals surface area contributed by atoms with E-state index in [1.807, 2.05) is 0 Å². The normalized spacial score (nSPS) is 22.2. The number of amides is 2. The van der Waals surface area contributed by atoms with E-state index in [9.17, 15) is 14.0 Å². The molecule has 0 bridgehead atoms. The minimum atomic E-state index is -1.43. The van der Waals surface area contributed by atoms with Gasteiger partial charge in [0, 0.05) is 16.6 Å². The summed E-state index contributed by atoms with van der Waals surface area (Å²) in [6.45, 7) is 0. The van der Waals surface area contributed by atoms with Crippen LogP contribution in [0.2, 0.25) is 10.0 Å². The third-order valence-corrected chi connectivity index (χ3v) is 6.86. The van der Waals surface area contributed by atoms with Crippen molar-refractivity contribution in [3.05, 3.63) is 63.4 Å². The molecular weight excluding hydrogens is 487 g/mol. The van der Waals surface area contributed by atoms with E-state index in [1.165, 1.54) is 30.3 Å². The van der Waals surface area contributed by atoms with E-state index in [1.54, 1.807) is 0 Å². The number of anilines is 1. The van der Waals surface area contributed by atoms with Crippen LogP contribution in [-0.2, 0) is 4.79 Å². The van der Waals surface area contributed by atoms with Crippen LogP contribution < -0.4 is 10.6 Å². The van der Waals surface area contributed by atoms with Crippen LogP contribution in [0.3, 0.4) is 0 Å². The zero-order valence-electron chi connectivity index (χ0n) is 15.7. The summed E-state index contributed by atoms with van der Waals surface area (Å²) in [7, 11) is 0. The molecule has 2 fully saturated rings. The Balaban J connectivity index is 1.51. The second kappa shape index (κ2) is 7.83. The fourth-order valence-electron chi connectivity index (χ4n) is 3.49. The first kappa shape index (κ1) is 22.2. The maximum absolute atomic E-state index is 13.7. The van der Waals surface area contributed by atoms with E-state index in [4.69, 9.17) is 51.7 Å². The van der Waals surface area contributed by atoms with Crippen molar-refractivity contribution in [1.82, 2.24) is 5.32 Å². The molecule has 2 aromatic carbocycles. The molecule has 2 aromatic rings. The second-order valence-corrected chi connectivity index (χ2v) is 9.95. The van der Waals surface area contributed by atoms with E-state index in [0.29, 0.717) is 24.1 Å². The third kappa shape index (κ3) is 4.33. The SMILES string of the molecule is N#CC1(NC(=O)c2cc(NC(=O)C3C(c4cc(F)cc(Cl)c4)C3(Cl)Cl)ccc2Cl)CC1. The van der Waals surface area contributed by atoms with Crippen LogP contribution in [-0.4, -0.2) is 21.7 Å². The summed E-state index contributed by atoms with van der Waals surface area (Å²) >= 11 is 24.6. The number of alkyl halides is 2. The molecule has 2 unspecified atom stereocenters. The molecule has 2 saturated carbocycles.